The van der Waals surface area contributed by atoms with Crippen LogP contribution in [0.25, 0.3) is 0 Å². The van der Waals surface area contributed by atoms with Crippen molar-refractivity contribution in [3.63, 3.8) is 0 Å². The fraction of sp³-hybridized carbons (Fsp3) is 0.867. The first-order chi connectivity index (χ1) is 9.29. The Hall–Kier alpha value is -1.10. The SMILES string of the molecule is CC(C)(CCNC(=O)CC1(CN)CCC1)CCC(=O)O. The molecular formula is C15H28N2O3. The van der Waals surface area contributed by atoms with Crippen molar-refractivity contribution >= 4 is 11.9 Å². The van der Waals surface area contributed by atoms with Crippen LogP contribution in [0.5, 0.6) is 0 Å². The van der Waals surface area contributed by atoms with Gasteiger partial charge in [0, 0.05) is 19.4 Å². The second kappa shape index (κ2) is 7.07. The number of hydrogen-bond donors (Lipinski definition) is 3. The lowest BCUT2D eigenvalue weighted by atomic mass is 9.66. The molecule has 5 heteroatoms. The van der Waals surface area contributed by atoms with E-state index in [0.717, 1.165) is 19.3 Å². The Balaban J connectivity index is 2.22. The fourth-order valence-corrected chi connectivity index (χ4v) is 2.64. The lowest BCUT2D eigenvalue weighted by molar-refractivity contribution is -0.137. The van der Waals surface area contributed by atoms with Crippen LogP contribution in [0, 0.1) is 10.8 Å². The molecule has 0 unspecified atom stereocenters. The molecule has 0 aromatic rings. The van der Waals surface area contributed by atoms with E-state index >= 15 is 0 Å². The molecule has 0 aromatic carbocycles. The summed E-state index contributed by atoms with van der Waals surface area (Å²) in [6.07, 6.45) is 5.41. The predicted molar refractivity (Wildman–Crippen MR) is 78.2 cm³/mol. The summed E-state index contributed by atoms with van der Waals surface area (Å²) in [6, 6.07) is 0. The number of carbonyl (C=O) groups excluding carboxylic acids is 1. The van der Waals surface area contributed by atoms with Crippen LogP contribution in [-0.4, -0.2) is 30.1 Å². The topological polar surface area (TPSA) is 92.4 Å². The first-order valence-electron chi connectivity index (χ1n) is 7.47. The van der Waals surface area contributed by atoms with Crippen LogP contribution in [0.2, 0.25) is 0 Å². The standard InChI is InChI=1S/C15H28N2O3/c1-14(2,7-4-13(19)20)8-9-17-12(18)10-15(11-16)5-3-6-15/h3-11,16H2,1-2H3,(H,17,18)(H,19,20). The number of amides is 1. The molecule has 0 radical (unpaired) electrons. The van der Waals surface area contributed by atoms with Gasteiger partial charge in [-0.05, 0) is 43.1 Å². The highest BCUT2D eigenvalue weighted by Crippen LogP contribution is 2.42. The molecule has 0 aromatic heterocycles. The minimum Gasteiger partial charge on any atom is -0.481 e. The lowest BCUT2D eigenvalue weighted by Crippen LogP contribution is -2.42. The molecule has 0 atom stereocenters. The van der Waals surface area contributed by atoms with Crippen LogP contribution in [0.3, 0.4) is 0 Å². The van der Waals surface area contributed by atoms with Gasteiger partial charge in [-0.1, -0.05) is 20.3 Å². The summed E-state index contributed by atoms with van der Waals surface area (Å²) < 4.78 is 0. The highest BCUT2D eigenvalue weighted by molar-refractivity contribution is 5.76. The molecule has 1 rings (SSSR count). The molecule has 0 spiro atoms. The molecule has 5 nitrogen and oxygen atoms in total. The molecule has 0 saturated heterocycles. The van der Waals surface area contributed by atoms with Crippen LogP contribution >= 0.6 is 0 Å². The number of hydrogen-bond acceptors (Lipinski definition) is 3. The van der Waals surface area contributed by atoms with Crippen molar-refractivity contribution in [2.75, 3.05) is 13.1 Å². The summed E-state index contributed by atoms with van der Waals surface area (Å²) in [6.45, 7) is 5.27. The average molecular weight is 284 g/mol. The van der Waals surface area contributed by atoms with E-state index in [9.17, 15) is 9.59 Å². The van der Waals surface area contributed by atoms with E-state index in [1.807, 2.05) is 13.8 Å². The molecule has 1 aliphatic carbocycles. The predicted octanol–water partition coefficient (Wildman–Crippen LogP) is 1.90. The van der Waals surface area contributed by atoms with Gasteiger partial charge in [0.15, 0.2) is 0 Å². The normalized spacial score (nSPS) is 17.4. The highest BCUT2D eigenvalue weighted by Gasteiger charge is 2.37. The Kier molecular flexibility index (Phi) is 5.99. The van der Waals surface area contributed by atoms with Crippen molar-refractivity contribution in [2.45, 2.75) is 58.8 Å². The smallest absolute Gasteiger partial charge is 0.303 e. The zero-order valence-corrected chi connectivity index (χ0v) is 12.7. The zero-order valence-electron chi connectivity index (χ0n) is 12.7. The third-order valence-corrected chi connectivity index (χ3v) is 4.52. The number of rotatable bonds is 9. The van der Waals surface area contributed by atoms with E-state index in [0.29, 0.717) is 25.9 Å². The Bertz CT molecular complexity index is 344. The number of carbonyl (C=O) groups is 2. The Morgan fingerprint density at radius 3 is 2.40 bits per heavy atom. The molecule has 1 aliphatic rings. The summed E-state index contributed by atoms with van der Waals surface area (Å²) >= 11 is 0. The third-order valence-electron chi connectivity index (χ3n) is 4.52. The number of nitrogens with two attached hydrogens (primary N) is 1. The zero-order chi connectivity index (χ0) is 15.2. The maximum atomic E-state index is 11.9. The summed E-state index contributed by atoms with van der Waals surface area (Å²) in [4.78, 5) is 22.5. The molecule has 1 fully saturated rings. The van der Waals surface area contributed by atoms with Gasteiger partial charge in [0.2, 0.25) is 5.91 Å². The molecule has 4 N–H and O–H groups in total. The van der Waals surface area contributed by atoms with Crippen LogP contribution < -0.4 is 11.1 Å². The van der Waals surface area contributed by atoms with Gasteiger partial charge in [0.05, 0.1) is 0 Å². The maximum absolute atomic E-state index is 11.9. The van der Waals surface area contributed by atoms with E-state index in [4.69, 9.17) is 10.8 Å². The van der Waals surface area contributed by atoms with E-state index < -0.39 is 5.97 Å². The van der Waals surface area contributed by atoms with Crippen molar-refractivity contribution in [3.8, 4) is 0 Å². The summed E-state index contributed by atoms with van der Waals surface area (Å²) in [5.74, 6) is -0.693. The number of carboxylic acids is 1. The number of carboxylic acid groups (broad SMARTS) is 1. The molecule has 20 heavy (non-hydrogen) atoms. The molecule has 1 saturated carbocycles. The van der Waals surface area contributed by atoms with Crippen LogP contribution in [0.4, 0.5) is 0 Å². The summed E-state index contributed by atoms with van der Waals surface area (Å²) in [7, 11) is 0. The minimum atomic E-state index is -0.767. The van der Waals surface area contributed by atoms with Gasteiger partial charge >= 0.3 is 5.97 Å². The van der Waals surface area contributed by atoms with Gasteiger partial charge in [0.1, 0.15) is 0 Å². The first-order valence-corrected chi connectivity index (χ1v) is 7.47. The van der Waals surface area contributed by atoms with Gasteiger partial charge < -0.3 is 16.2 Å². The molecule has 0 aliphatic heterocycles. The molecule has 116 valence electrons. The summed E-state index contributed by atoms with van der Waals surface area (Å²) in [5, 5.41) is 11.6. The van der Waals surface area contributed by atoms with E-state index in [1.165, 1.54) is 6.42 Å². The van der Waals surface area contributed by atoms with E-state index in [2.05, 4.69) is 5.32 Å². The maximum Gasteiger partial charge on any atom is 0.303 e. The van der Waals surface area contributed by atoms with E-state index in [1.54, 1.807) is 0 Å². The van der Waals surface area contributed by atoms with Crippen LogP contribution in [0.15, 0.2) is 0 Å². The Labute approximate surface area is 121 Å². The molecule has 0 heterocycles. The monoisotopic (exact) mass is 284 g/mol. The largest absolute Gasteiger partial charge is 0.481 e. The van der Waals surface area contributed by atoms with Gasteiger partial charge in [-0.25, -0.2) is 0 Å². The average Bonchev–Trinajstić information content (AvgIpc) is 2.31. The number of aliphatic carboxylic acids is 1. The van der Waals surface area contributed by atoms with E-state index in [-0.39, 0.29) is 23.2 Å². The van der Waals surface area contributed by atoms with Gasteiger partial charge in [-0.2, -0.15) is 0 Å². The lowest BCUT2D eigenvalue weighted by Gasteiger charge is -2.40. The van der Waals surface area contributed by atoms with Crippen molar-refractivity contribution < 1.29 is 14.7 Å². The third kappa shape index (κ3) is 5.49. The first kappa shape index (κ1) is 17.0. The molecular weight excluding hydrogens is 256 g/mol. The van der Waals surface area contributed by atoms with Crippen molar-refractivity contribution in [1.29, 1.82) is 0 Å². The Morgan fingerprint density at radius 1 is 1.30 bits per heavy atom. The van der Waals surface area contributed by atoms with Crippen LogP contribution in [0.1, 0.15) is 58.8 Å². The molecule has 0 bridgehead atoms. The summed E-state index contributed by atoms with van der Waals surface area (Å²) in [5.41, 5.74) is 5.73. The second-order valence-electron chi connectivity index (χ2n) is 6.89. The minimum absolute atomic E-state index is 0.0446. The fourth-order valence-electron chi connectivity index (χ4n) is 2.64. The Morgan fingerprint density at radius 2 is 1.95 bits per heavy atom. The van der Waals surface area contributed by atoms with Crippen LogP contribution in [-0.2, 0) is 9.59 Å². The quantitative estimate of drug-likeness (QED) is 0.603. The highest BCUT2D eigenvalue weighted by atomic mass is 16.4. The van der Waals surface area contributed by atoms with Crippen molar-refractivity contribution in [1.82, 2.24) is 5.32 Å². The van der Waals surface area contributed by atoms with Crippen molar-refractivity contribution in [3.05, 3.63) is 0 Å². The molecule has 1 amide bonds. The number of nitrogens with one attached hydrogen (secondary N) is 1. The van der Waals surface area contributed by atoms with Crippen molar-refractivity contribution in [2.24, 2.45) is 16.6 Å². The second-order valence-corrected chi connectivity index (χ2v) is 6.89. The van der Waals surface area contributed by atoms with Gasteiger partial charge in [0.25, 0.3) is 0 Å². The van der Waals surface area contributed by atoms with Gasteiger partial charge in [-0.3, -0.25) is 9.59 Å². The van der Waals surface area contributed by atoms with Gasteiger partial charge in [-0.15, -0.1) is 0 Å².